The van der Waals surface area contributed by atoms with Gasteiger partial charge in [-0.25, -0.2) is 29.3 Å². The van der Waals surface area contributed by atoms with Crippen LogP contribution < -0.4 is 0 Å². The Morgan fingerprint density at radius 3 is 2.61 bits per heavy atom. The number of hydrogen-bond acceptors (Lipinski definition) is 6. The summed E-state index contributed by atoms with van der Waals surface area (Å²) in [7, 11) is 0. The number of nitrogens with zero attached hydrogens (tertiary/aromatic N) is 6. The van der Waals surface area contributed by atoms with Crippen LogP contribution in [0.3, 0.4) is 0 Å². The van der Waals surface area contributed by atoms with Gasteiger partial charge < -0.3 is 4.98 Å². The smallest absolute Gasteiger partial charge is 0.178 e. The Kier molecular flexibility index (Phi) is 3.79. The summed E-state index contributed by atoms with van der Waals surface area (Å²) in [5.41, 5.74) is 5.73. The topological polar surface area (TPSA) is 109 Å². The number of benzene rings is 1. The first-order chi connectivity index (χ1) is 15.3. The van der Waals surface area contributed by atoms with Gasteiger partial charge in [-0.05, 0) is 24.3 Å². The van der Waals surface area contributed by atoms with Crippen molar-refractivity contribution < 1.29 is 4.39 Å². The van der Waals surface area contributed by atoms with E-state index in [4.69, 9.17) is 4.98 Å². The zero-order chi connectivity index (χ0) is 20.8. The molecule has 1 aromatic carbocycles. The molecule has 0 amide bonds. The van der Waals surface area contributed by atoms with Crippen molar-refractivity contribution in [1.82, 2.24) is 40.1 Å². The number of aromatic amines is 2. The highest BCUT2D eigenvalue weighted by molar-refractivity contribution is 5.94. The second kappa shape index (κ2) is 6.77. The van der Waals surface area contributed by atoms with Gasteiger partial charge in [-0.15, -0.1) is 0 Å². The largest absolute Gasteiger partial charge is 0.335 e. The molecule has 148 valence electrons. The van der Waals surface area contributed by atoms with Crippen LogP contribution in [0.2, 0.25) is 0 Å². The van der Waals surface area contributed by atoms with Crippen LogP contribution in [0.5, 0.6) is 0 Å². The third-order valence-electron chi connectivity index (χ3n) is 5.04. The minimum atomic E-state index is -0.312. The Hall–Kier alpha value is -4.53. The molecule has 0 saturated carbocycles. The predicted octanol–water partition coefficient (Wildman–Crippen LogP) is 4.16. The first-order valence-electron chi connectivity index (χ1n) is 9.48. The highest BCUT2D eigenvalue weighted by Gasteiger charge is 2.18. The number of halogens is 1. The molecule has 0 saturated heterocycles. The lowest BCUT2D eigenvalue weighted by molar-refractivity contribution is 0.631. The Labute approximate surface area is 174 Å². The molecule has 6 rings (SSSR count). The van der Waals surface area contributed by atoms with Gasteiger partial charge >= 0.3 is 0 Å². The summed E-state index contributed by atoms with van der Waals surface area (Å²) in [4.78, 5) is 25.0. The number of pyridine rings is 2. The number of aromatic nitrogens is 8. The Morgan fingerprint density at radius 2 is 1.74 bits per heavy atom. The third kappa shape index (κ3) is 2.83. The van der Waals surface area contributed by atoms with Gasteiger partial charge in [0.25, 0.3) is 0 Å². The molecule has 2 N–H and O–H groups in total. The second-order valence-electron chi connectivity index (χ2n) is 6.91. The van der Waals surface area contributed by atoms with Gasteiger partial charge in [0, 0.05) is 35.3 Å². The fraction of sp³-hybridized carbons (Fsp3) is 0. The van der Waals surface area contributed by atoms with Crippen LogP contribution in [0, 0.1) is 5.82 Å². The molecule has 31 heavy (non-hydrogen) atoms. The highest BCUT2D eigenvalue weighted by Crippen LogP contribution is 2.31. The van der Waals surface area contributed by atoms with Gasteiger partial charge in [0.2, 0.25) is 0 Å². The average molecular weight is 408 g/mol. The van der Waals surface area contributed by atoms with E-state index in [9.17, 15) is 4.39 Å². The molecule has 0 spiro atoms. The molecule has 0 aliphatic carbocycles. The first-order valence-corrected chi connectivity index (χ1v) is 9.48. The van der Waals surface area contributed by atoms with Gasteiger partial charge in [0.1, 0.15) is 17.7 Å². The van der Waals surface area contributed by atoms with E-state index >= 15 is 0 Å². The lowest BCUT2D eigenvalue weighted by atomic mass is 10.1. The molecule has 0 atom stereocenters. The molecule has 5 aromatic heterocycles. The summed E-state index contributed by atoms with van der Waals surface area (Å²) in [5.74, 6) is 0.180. The summed E-state index contributed by atoms with van der Waals surface area (Å²) in [6.45, 7) is 0. The van der Waals surface area contributed by atoms with Crippen LogP contribution in [0.25, 0.3) is 56.1 Å². The quantitative estimate of drug-likeness (QED) is 0.455. The van der Waals surface area contributed by atoms with Crippen molar-refractivity contribution in [3.63, 3.8) is 0 Å². The third-order valence-corrected chi connectivity index (χ3v) is 5.04. The van der Waals surface area contributed by atoms with Crippen molar-refractivity contribution in [2.45, 2.75) is 0 Å². The number of H-pyrrole nitrogens is 2. The average Bonchev–Trinajstić information content (AvgIpc) is 3.43. The minimum Gasteiger partial charge on any atom is -0.335 e. The summed E-state index contributed by atoms with van der Waals surface area (Å²) in [6.07, 6.45) is 6.49. The lowest BCUT2D eigenvalue weighted by Crippen LogP contribution is -1.88. The molecule has 0 bridgehead atoms. The molecule has 6 aromatic rings. The molecule has 0 radical (unpaired) electrons. The number of fused-ring (bicyclic) bond motifs is 2. The normalized spacial score (nSPS) is 11.4. The van der Waals surface area contributed by atoms with Crippen LogP contribution in [-0.2, 0) is 0 Å². The molecular formula is C22H13FN8. The summed E-state index contributed by atoms with van der Waals surface area (Å²) >= 11 is 0. The maximum Gasteiger partial charge on any atom is 0.178 e. The van der Waals surface area contributed by atoms with Crippen molar-refractivity contribution in [3.8, 4) is 33.9 Å². The molecule has 0 aliphatic rings. The fourth-order valence-electron chi connectivity index (χ4n) is 3.58. The van der Waals surface area contributed by atoms with Gasteiger partial charge in [-0.1, -0.05) is 18.2 Å². The SMILES string of the molecule is Fc1ccccc1-c1ccnc2nc(-c3n[nH]c4ccc(-c5cncnc5)nc34)[nH]c12. The molecule has 5 heterocycles. The molecule has 0 unspecified atom stereocenters. The fourth-order valence-corrected chi connectivity index (χ4v) is 3.58. The first kappa shape index (κ1) is 17.3. The van der Waals surface area contributed by atoms with E-state index in [1.165, 1.54) is 12.4 Å². The van der Waals surface area contributed by atoms with E-state index in [0.29, 0.717) is 39.3 Å². The molecule has 0 aliphatic heterocycles. The van der Waals surface area contributed by atoms with Crippen molar-refractivity contribution in [3.05, 3.63) is 73.2 Å². The monoisotopic (exact) mass is 408 g/mol. The standard InChI is InChI=1S/C22H13FN8/c23-15-4-2-1-3-13(15)14-7-8-26-21-18(14)28-22(29-21)20-19-17(30-31-20)6-5-16(27-19)12-9-24-11-25-10-12/h1-11H,(H,30,31)(H,26,28,29). The maximum absolute atomic E-state index is 14.4. The van der Waals surface area contributed by atoms with Gasteiger partial charge in [-0.2, -0.15) is 5.10 Å². The molecule has 8 nitrogen and oxygen atoms in total. The summed E-state index contributed by atoms with van der Waals surface area (Å²) < 4.78 is 14.4. The van der Waals surface area contributed by atoms with Crippen molar-refractivity contribution in [2.24, 2.45) is 0 Å². The molecule has 9 heteroatoms. The van der Waals surface area contributed by atoms with Crippen LogP contribution in [0.4, 0.5) is 4.39 Å². The van der Waals surface area contributed by atoms with Crippen molar-refractivity contribution in [2.75, 3.05) is 0 Å². The zero-order valence-electron chi connectivity index (χ0n) is 15.9. The van der Waals surface area contributed by atoms with Gasteiger partial charge in [-0.3, -0.25) is 5.10 Å². The molecular weight excluding hydrogens is 395 g/mol. The molecule has 0 fully saturated rings. The van der Waals surface area contributed by atoms with E-state index in [2.05, 4.69) is 35.1 Å². The van der Waals surface area contributed by atoms with Crippen LogP contribution in [-0.4, -0.2) is 40.1 Å². The van der Waals surface area contributed by atoms with E-state index < -0.39 is 0 Å². The second-order valence-corrected chi connectivity index (χ2v) is 6.91. The lowest BCUT2D eigenvalue weighted by Gasteiger charge is -2.03. The Morgan fingerprint density at radius 1 is 0.871 bits per heavy atom. The van der Waals surface area contributed by atoms with E-state index in [-0.39, 0.29) is 5.82 Å². The maximum atomic E-state index is 14.4. The van der Waals surface area contributed by atoms with E-state index in [1.54, 1.807) is 42.9 Å². The van der Waals surface area contributed by atoms with Crippen molar-refractivity contribution >= 4 is 22.2 Å². The predicted molar refractivity (Wildman–Crippen MR) is 113 cm³/mol. The number of imidazole rings is 1. The summed E-state index contributed by atoms with van der Waals surface area (Å²) in [6, 6.07) is 12.1. The van der Waals surface area contributed by atoms with Crippen LogP contribution >= 0.6 is 0 Å². The summed E-state index contributed by atoms with van der Waals surface area (Å²) in [5, 5.41) is 7.38. The van der Waals surface area contributed by atoms with Crippen LogP contribution in [0.15, 0.2) is 67.4 Å². The number of rotatable bonds is 3. The Bertz CT molecular complexity index is 1550. The number of nitrogens with one attached hydrogen (secondary N) is 2. The minimum absolute atomic E-state index is 0.312. The van der Waals surface area contributed by atoms with Gasteiger partial charge in [0.15, 0.2) is 17.2 Å². The van der Waals surface area contributed by atoms with Crippen molar-refractivity contribution in [1.29, 1.82) is 0 Å². The zero-order valence-corrected chi connectivity index (χ0v) is 15.9. The highest BCUT2D eigenvalue weighted by atomic mass is 19.1. The van der Waals surface area contributed by atoms with Crippen LogP contribution in [0.1, 0.15) is 0 Å². The Balaban J connectivity index is 1.53. The van der Waals surface area contributed by atoms with E-state index in [0.717, 1.165) is 16.8 Å². The van der Waals surface area contributed by atoms with Gasteiger partial charge in [0.05, 0.1) is 16.7 Å². The number of hydrogen-bond donors (Lipinski definition) is 2. The van der Waals surface area contributed by atoms with E-state index in [1.807, 2.05) is 12.1 Å².